The zero-order valence-electron chi connectivity index (χ0n) is 14.5. The van der Waals surface area contributed by atoms with Crippen LogP contribution in [0.4, 0.5) is 0 Å². The second kappa shape index (κ2) is 6.49. The standard InChI is InChI=1S/C17H18N2O6S/c1-10(2)12-7-11(24-3)8-14-15(12)16(20)19(26(14,22)23)9-25-17(21)13-5-4-6-18-13/h4-8,10,18H,9H2,1-3H3. The predicted molar refractivity (Wildman–Crippen MR) is 91.5 cm³/mol. The summed E-state index contributed by atoms with van der Waals surface area (Å²) in [6.07, 6.45) is 1.53. The molecule has 0 unspecified atom stereocenters. The van der Waals surface area contributed by atoms with E-state index in [1.807, 2.05) is 13.8 Å². The van der Waals surface area contributed by atoms with Crippen molar-refractivity contribution >= 4 is 21.9 Å². The van der Waals surface area contributed by atoms with Gasteiger partial charge in [0.15, 0.2) is 6.73 Å². The summed E-state index contributed by atoms with van der Waals surface area (Å²) < 4.78 is 36.3. The smallest absolute Gasteiger partial charge is 0.356 e. The average molecular weight is 378 g/mol. The lowest BCUT2D eigenvalue weighted by Crippen LogP contribution is -2.33. The number of sulfonamides is 1. The number of amides is 1. The number of nitrogens with one attached hydrogen (secondary N) is 1. The third-order valence-electron chi connectivity index (χ3n) is 4.10. The van der Waals surface area contributed by atoms with Gasteiger partial charge >= 0.3 is 5.97 Å². The fraction of sp³-hybridized carbons (Fsp3) is 0.294. The quantitative estimate of drug-likeness (QED) is 0.799. The molecule has 0 fully saturated rings. The summed E-state index contributed by atoms with van der Waals surface area (Å²) in [6, 6.07) is 6.04. The van der Waals surface area contributed by atoms with Crippen LogP contribution in [0.2, 0.25) is 0 Å². The van der Waals surface area contributed by atoms with E-state index >= 15 is 0 Å². The van der Waals surface area contributed by atoms with Gasteiger partial charge in [-0.25, -0.2) is 13.2 Å². The van der Waals surface area contributed by atoms with E-state index in [2.05, 4.69) is 4.98 Å². The zero-order valence-corrected chi connectivity index (χ0v) is 15.3. The Morgan fingerprint density at radius 1 is 1.31 bits per heavy atom. The van der Waals surface area contributed by atoms with Crippen LogP contribution in [0.3, 0.4) is 0 Å². The van der Waals surface area contributed by atoms with Gasteiger partial charge in [0.05, 0.1) is 12.7 Å². The van der Waals surface area contributed by atoms with Crippen LogP contribution in [0, 0.1) is 0 Å². The van der Waals surface area contributed by atoms with E-state index in [1.54, 1.807) is 12.1 Å². The van der Waals surface area contributed by atoms with Gasteiger partial charge in [0.25, 0.3) is 15.9 Å². The number of ether oxygens (including phenoxy) is 2. The van der Waals surface area contributed by atoms with Crippen molar-refractivity contribution in [3.8, 4) is 5.75 Å². The van der Waals surface area contributed by atoms with Gasteiger partial charge in [0, 0.05) is 12.3 Å². The minimum atomic E-state index is -4.13. The minimum absolute atomic E-state index is 0.0942. The number of carbonyl (C=O) groups is 2. The molecule has 1 aliphatic heterocycles. The Kier molecular flexibility index (Phi) is 4.49. The van der Waals surface area contributed by atoms with Crippen molar-refractivity contribution in [1.29, 1.82) is 0 Å². The first-order valence-corrected chi connectivity index (χ1v) is 9.31. The summed E-state index contributed by atoms with van der Waals surface area (Å²) in [5.41, 5.74) is 0.818. The topological polar surface area (TPSA) is 106 Å². The normalized spacial score (nSPS) is 15.2. The van der Waals surface area contributed by atoms with Crippen LogP contribution >= 0.6 is 0 Å². The number of hydrogen-bond donors (Lipinski definition) is 1. The summed E-state index contributed by atoms with van der Waals surface area (Å²) >= 11 is 0. The molecule has 0 radical (unpaired) electrons. The van der Waals surface area contributed by atoms with E-state index in [0.717, 1.165) is 0 Å². The van der Waals surface area contributed by atoms with Gasteiger partial charge in [-0.2, -0.15) is 4.31 Å². The highest BCUT2D eigenvalue weighted by Gasteiger charge is 2.44. The molecule has 0 saturated carbocycles. The van der Waals surface area contributed by atoms with Crippen molar-refractivity contribution in [2.45, 2.75) is 24.7 Å². The van der Waals surface area contributed by atoms with Crippen molar-refractivity contribution in [3.05, 3.63) is 47.3 Å². The fourth-order valence-corrected chi connectivity index (χ4v) is 4.22. The summed E-state index contributed by atoms with van der Waals surface area (Å²) in [5.74, 6) is -1.23. The molecule has 0 spiro atoms. The molecule has 2 heterocycles. The SMILES string of the molecule is COc1cc(C(C)C)c2c(c1)S(=O)(=O)N(COC(=O)c1ccc[nH]1)C2=O. The molecule has 9 heteroatoms. The van der Waals surface area contributed by atoms with Gasteiger partial charge in [-0.3, -0.25) is 4.79 Å². The Bertz CT molecular complexity index is 963. The second-order valence-corrected chi connectivity index (χ2v) is 7.88. The molecule has 2 aromatic rings. The molecule has 1 amide bonds. The molecule has 1 aliphatic rings. The summed E-state index contributed by atoms with van der Waals surface area (Å²) in [7, 11) is -2.71. The molecule has 8 nitrogen and oxygen atoms in total. The van der Waals surface area contributed by atoms with Gasteiger partial charge in [0.2, 0.25) is 0 Å². The Morgan fingerprint density at radius 3 is 2.62 bits per heavy atom. The average Bonchev–Trinajstić information content (AvgIpc) is 3.19. The number of aromatic amines is 1. The van der Waals surface area contributed by atoms with Crippen molar-refractivity contribution in [3.63, 3.8) is 0 Å². The van der Waals surface area contributed by atoms with Crippen molar-refractivity contribution in [2.24, 2.45) is 0 Å². The first-order chi connectivity index (χ1) is 12.3. The highest BCUT2D eigenvalue weighted by Crippen LogP contribution is 2.38. The lowest BCUT2D eigenvalue weighted by atomic mass is 9.96. The number of aromatic nitrogens is 1. The van der Waals surface area contributed by atoms with Crippen LogP contribution in [0.15, 0.2) is 35.4 Å². The summed E-state index contributed by atoms with van der Waals surface area (Å²) in [6.45, 7) is 3.00. The highest BCUT2D eigenvalue weighted by atomic mass is 32.2. The van der Waals surface area contributed by atoms with Crippen LogP contribution in [-0.4, -0.2) is 43.4 Å². The Hall–Kier alpha value is -2.81. The monoisotopic (exact) mass is 378 g/mol. The lowest BCUT2D eigenvalue weighted by molar-refractivity contribution is 0.0352. The maximum absolute atomic E-state index is 12.8. The van der Waals surface area contributed by atoms with Gasteiger partial charge < -0.3 is 14.5 Å². The Morgan fingerprint density at radius 2 is 2.04 bits per heavy atom. The number of nitrogens with zero attached hydrogens (tertiary/aromatic N) is 1. The zero-order chi connectivity index (χ0) is 19.1. The highest BCUT2D eigenvalue weighted by molar-refractivity contribution is 7.90. The largest absolute Gasteiger partial charge is 0.497 e. The van der Waals surface area contributed by atoms with Crippen LogP contribution in [0.25, 0.3) is 0 Å². The number of carbonyl (C=O) groups excluding carboxylic acids is 2. The number of fused-ring (bicyclic) bond motifs is 1. The number of hydrogen-bond acceptors (Lipinski definition) is 6. The molecular weight excluding hydrogens is 360 g/mol. The number of methoxy groups -OCH3 is 1. The third kappa shape index (κ3) is 2.84. The molecule has 138 valence electrons. The van der Waals surface area contributed by atoms with E-state index in [0.29, 0.717) is 15.6 Å². The maximum atomic E-state index is 12.8. The minimum Gasteiger partial charge on any atom is -0.497 e. The number of rotatable bonds is 5. The molecule has 0 aliphatic carbocycles. The molecule has 0 atom stereocenters. The second-order valence-electron chi connectivity index (χ2n) is 6.05. The van der Waals surface area contributed by atoms with Crippen LogP contribution in [-0.2, 0) is 14.8 Å². The van der Waals surface area contributed by atoms with Crippen LogP contribution in [0.5, 0.6) is 5.75 Å². The number of H-pyrrole nitrogens is 1. The Balaban J connectivity index is 1.96. The fourth-order valence-electron chi connectivity index (χ4n) is 2.75. The molecular formula is C17H18N2O6S. The van der Waals surface area contributed by atoms with Crippen LogP contribution in [0.1, 0.15) is 46.2 Å². The Labute approximate surface area is 150 Å². The molecule has 3 rings (SSSR count). The lowest BCUT2D eigenvalue weighted by Gasteiger charge is -2.14. The van der Waals surface area contributed by atoms with Gasteiger partial charge in [0.1, 0.15) is 16.3 Å². The van der Waals surface area contributed by atoms with E-state index in [-0.39, 0.29) is 22.1 Å². The van der Waals surface area contributed by atoms with E-state index in [1.165, 1.54) is 25.4 Å². The van der Waals surface area contributed by atoms with E-state index in [4.69, 9.17) is 9.47 Å². The molecule has 1 aromatic carbocycles. The van der Waals surface area contributed by atoms with Crippen molar-refractivity contribution < 1.29 is 27.5 Å². The summed E-state index contributed by atoms with van der Waals surface area (Å²) in [4.78, 5) is 27.2. The first kappa shape index (κ1) is 18.0. The molecule has 0 saturated heterocycles. The van der Waals surface area contributed by atoms with Gasteiger partial charge in [-0.05, 0) is 29.7 Å². The van der Waals surface area contributed by atoms with Crippen LogP contribution < -0.4 is 4.74 Å². The molecule has 1 N–H and O–H groups in total. The maximum Gasteiger partial charge on any atom is 0.356 e. The molecule has 1 aromatic heterocycles. The molecule has 26 heavy (non-hydrogen) atoms. The van der Waals surface area contributed by atoms with E-state index in [9.17, 15) is 18.0 Å². The number of esters is 1. The van der Waals surface area contributed by atoms with Crippen molar-refractivity contribution in [1.82, 2.24) is 9.29 Å². The van der Waals surface area contributed by atoms with Gasteiger partial charge in [-0.15, -0.1) is 0 Å². The summed E-state index contributed by atoms with van der Waals surface area (Å²) in [5, 5.41) is 0. The third-order valence-corrected chi connectivity index (χ3v) is 5.83. The number of benzene rings is 1. The predicted octanol–water partition coefficient (Wildman–Crippen LogP) is 2.11. The molecule has 0 bridgehead atoms. The van der Waals surface area contributed by atoms with E-state index < -0.39 is 28.6 Å². The first-order valence-electron chi connectivity index (χ1n) is 7.87. The van der Waals surface area contributed by atoms with Gasteiger partial charge in [-0.1, -0.05) is 13.8 Å². The van der Waals surface area contributed by atoms with Crippen molar-refractivity contribution in [2.75, 3.05) is 13.8 Å².